The third-order valence-electron chi connectivity index (χ3n) is 3.05. The lowest BCUT2D eigenvalue weighted by molar-refractivity contribution is 0.160. The van der Waals surface area contributed by atoms with Crippen LogP contribution in [0.15, 0.2) is 0 Å². The van der Waals surface area contributed by atoms with E-state index in [9.17, 15) is 4.79 Å². The van der Waals surface area contributed by atoms with Crippen molar-refractivity contribution in [3.8, 4) is 0 Å². The van der Waals surface area contributed by atoms with Crippen molar-refractivity contribution in [1.82, 2.24) is 10.2 Å². The lowest BCUT2D eigenvalue weighted by Gasteiger charge is -2.32. The third-order valence-corrected chi connectivity index (χ3v) is 3.05. The fraction of sp³-hybridized carbons (Fsp3) is 0.900. The first-order valence-corrected chi connectivity index (χ1v) is 5.46. The first kappa shape index (κ1) is 9.77. The van der Waals surface area contributed by atoms with E-state index >= 15 is 0 Å². The molecule has 1 heterocycles. The molecule has 2 rings (SSSR count). The second kappa shape index (κ2) is 4.17. The molecule has 80 valence electrons. The van der Waals surface area contributed by atoms with E-state index < -0.39 is 6.09 Å². The number of nitrogens with one attached hydrogen (secondary N) is 1. The maximum atomic E-state index is 10.5. The fourth-order valence-electron chi connectivity index (χ4n) is 2.18. The number of hydrogen-bond acceptors (Lipinski definition) is 2. The molecule has 1 atom stereocenters. The Morgan fingerprint density at radius 1 is 1.43 bits per heavy atom. The molecule has 0 aromatic rings. The van der Waals surface area contributed by atoms with Gasteiger partial charge in [0.15, 0.2) is 0 Å². The summed E-state index contributed by atoms with van der Waals surface area (Å²) in [4.78, 5) is 12.9. The van der Waals surface area contributed by atoms with Crippen molar-refractivity contribution >= 4 is 6.09 Å². The van der Waals surface area contributed by atoms with Crippen molar-refractivity contribution in [3.63, 3.8) is 0 Å². The highest BCUT2D eigenvalue weighted by Gasteiger charge is 2.27. The Morgan fingerprint density at radius 3 is 2.86 bits per heavy atom. The topological polar surface area (TPSA) is 52.6 Å². The van der Waals surface area contributed by atoms with Gasteiger partial charge in [0.05, 0.1) is 0 Å². The molecule has 4 nitrogen and oxygen atoms in total. The molecule has 0 aromatic carbocycles. The predicted molar refractivity (Wildman–Crippen MR) is 53.3 cm³/mol. The van der Waals surface area contributed by atoms with Crippen LogP contribution in [-0.4, -0.2) is 41.8 Å². The van der Waals surface area contributed by atoms with Gasteiger partial charge in [-0.25, -0.2) is 4.79 Å². The Balaban J connectivity index is 1.74. The molecule has 1 aliphatic carbocycles. The molecule has 1 saturated carbocycles. The molecular formula is C10H18N2O2. The molecule has 1 aliphatic heterocycles. The summed E-state index contributed by atoms with van der Waals surface area (Å²) in [5, 5.41) is 11.2. The van der Waals surface area contributed by atoms with Crippen LogP contribution >= 0.6 is 0 Å². The van der Waals surface area contributed by atoms with Crippen molar-refractivity contribution in [3.05, 3.63) is 0 Å². The van der Waals surface area contributed by atoms with Gasteiger partial charge in [-0.2, -0.15) is 0 Å². The molecule has 0 bridgehead atoms. The van der Waals surface area contributed by atoms with Gasteiger partial charge in [-0.15, -0.1) is 0 Å². The molecule has 2 fully saturated rings. The second-order valence-corrected chi connectivity index (χ2v) is 4.49. The van der Waals surface area contributed by atoms with Gasteiger partial charge < -0.3 is 15.3 Å². The normalized spacial score (nSPS) is 28.7. The monoisotopic (exact) mass is 198 g/mol. The number of amides is 1. The Hall–Kier alpha value is -0.770. The molecule has 1 saturated heterocycles. The van der Waals surface area contributed by atoms with Crippen molar-refractivity contribution in [2.45, 2.75) is 31.7 Å². The molecular weight excluding hydrogens is 180 g/mol. The third kappa shape index (κ3) is 2.87. The lowest BCUT2D eigenvalue weighted by Crippen LogP contribution is -2.47. The Bertz CT molecular complexity index is 216. The van der Waals surface area contributed by atoms with E-state index in [1.54, 1.807) is 0 Å². The summed E-state index contributed by atoms with van der Waals surface area (Å²) in [6, 6.07) is 0.153. The highest BCUT2D eigenvalue weighted by molar-refractivity contribution is 5.64. The van der Waals surface area contributed by atoms with Gasteiger partial charge >= 0.3 is 6.09 Å². The van der Waals surface area contributed by atoms with Gasteiger partial charge in [-0.1, -0.05) is 0 Å². The van der Waals surface area contributed by atoms with Crippen LogP contribution in [0.5, 0.6) is 0 Å². The molecule has 0 radical (unpaired) electrons. The minimum Gasteiger partial charge on any atom is -0.465 e. The van der Waals surface area contributed by atoms with Crippen molar-refractivity contribution in [2.75, 3.05) is 19.6 Å². The van der Waals surface area contributed by atoms with Gasteiger partial charge in [0.25, 0.3) is 0 Å². The number of carbonyl (C=O) groups is 1. The van der Waals surface area contributed by atoms with E-state index in [1.165, 1.54) is 19.4 Å². The van der Waals surface area contributed by atoms with Crippen LogP contribution in [-0.2, 0) is 0 Å². The zero-order valence-electron chi connectivity index (χ0n) is 8.41. The van der Waals surface area contributed by atoms with E-state index in [2.05, 4.69) is 10.2 Å². The number of rotatable bonds is 3. The number of carboxylic acid groups (broad SMARTS) is 1. The minimum absolute atomic E-state index is 0.153. The summed E-state index contributed by atoms with van der Waals surface area (Å²) in [5.74, 6) is 0.901. The summed E-state index contributed by atoms with van der Waals surface area (Å²) in [7, 11) is 0. The SMILES string of the molecule is O=C(O)N[C@@H]1CCCN(CC2CC2)C1. The molecule has 0 aromatic heterocycles. The maximum absolute atomic E-state index is 10.5. The molecule has 0 spiro atoms. The van der Waals surface area contributed by atoms with Gasteiger partial charge in [-0.05, 0) is 38.1 Å². The Labute approximate surface area is 84.3 Å². The van der Waals surface area contributed by atoms with Crippen molar-refractivity contribution in [2.24, 2.45) is 5.92 Å². The largest absolute Gasteiger partial charge is 0.465 e. The number of piperidine rings is 1. The van der Waals surface area contributed by atoms with Crippen LogP contribution in [0.3, 0.4) is 0 Å². The lowest BCUT2D eigenvalue weighted by atomic mass is 10.1. The highest BCUT2D eigenvalue weighted by Crippen LogP contribution is 2.30. The maximum Gasteiger partial charge on any atom is 0.404 e. The van der Waals surface area contributed by atoms with Crippen molar-refractivity contribution in [1.29, 1.82) is 0 Å². The van der Waals surface area contributed by atoms with Gasteiger partial charge in [0.2, 0.25) is 0 Å². The van der Waals surface area contributed by atoms with Gasteiger partial charge in [-0.3, -0.25) is 0 Å². The minimum atomic E-state index is -0.886. The summed E-state index contributed by atoms with van der Waals surface area (Å²) >= 11 is 0. The summed E-state index contributed by atoms with van der Waals surface area (Å²) in [6.45, 7) is 3.23. The zero-order chi connectivity index (χ0) is 9.97. The molecule has 0 unspecified atom stereocenters. The Morgan fingerprint density at radius 2 is 2.21 bits per heavy atom. The average Bonchev–Trinajstić information content (AvgIpc) is 2.87. The summed E-state index contributed by atoms with van der Waals surface area (Å²) in [6.07, 6.45) is 3.97. The van der Waals surface area contributed by atoms with E-state index in [4.69, 9.17) is 5.11 Å². The second-order valence-electron chi connectivity index (χ2n) is 4.49. The summed E-state index contributed by atoms with van der Waals surface area (Å²) < 4.78 is 0. The first-order chi connectivity index (χ1) is 6.74. The van der Waals surface area contributed by atoms with Crippen LogP contribution in [0.25, 0.3) is 0 Å². The standard InChI is InChI=1S/C10H18N2O2/c13-10(14)11-9-2-1-5-12(7-9)6-8-3-4-8/h8-9,11H,1-7H2,(H,13,14)/t9-/m1/s1. The molecule has 1 amide bonds. The van der Waals surface area contributed by atoms with E-state index in [-0.39, 0.29) is 6.04 Å². The fourth-order valence-corrected chi connectivity index (χ4v) is 2.18. The van der Waals surface area contributed by atoms with E-state index in [1.807, 2.05) is 0 Å². The smallest absolute Gasteiger partial charge is 0.404 e. The van der Waals surface area contributed by atoms with Gasteiger partial charge in [0, 0.05) is 19.1 Å². The quantitative estimate of drug-likeness (QED) is 0.714. The first-order valence-electron chi connectivity index (χ1n) is 5.46. The van der Waals surface area contributed by atoms with Gasteiger partial charge in [0.1, 0.15) is 0 Å². The molecule has 2 aliphatic rings. The van der Waals surface area contributed by atoms with E-state index in [0.29, 0.717) is 0 Å². The van der Waals surface area contributed by atoms with Crippen LogP contribution in [0.4, 0.5) is 4.79 Å². The van der Waals surface area contributed by atoms with E-state index in [0.717, 1.165) is 31.8 Å². The van der Waals surface area contributed by atoms with Crippen LogP contribution < -0.4 is 5.32 Å². The van der Waals surface area contributed by atoms with Crippen LogP contribution in [0, 0.1) is 5.92 Å². The number of likely N-dealkylation sites (tertiary alicyclic amines) is 1. The molecule has 2 N–H and O–H groups in total. The van der Waals surface area contributed by atoms with Crippen LogP contribution in [0.1, 0.15) is 25.7 Å². The summed E-state index contributed by atoms with van der Waals surface area (Å²) in [5.41, 5.74) is 0. The van der Waals surface area contributed by atoms with Crippen LogP contribution in [0.2, 0.25) is 0 Å². The molecule has 4 heteroatoms. The molecule has 14 heavy (non-hydrogen) atoms. The average molecular weight is 198 g/mol. The number of hydrogen-bond donors (Lipinski definition) is 2. The predicted octanol–water partition coefficient (Wildman–Crippen LogP) is 1.13. The number of nitrogens with zero attached hydrogens (tertiary/aromatic N) is 1. The Kier molecular flexibility index (Phi) is 2.91. The highest BCUT2D eigenvalue weighted by atomic mass is 16.4. The zero-order valence-corrected chi connectivity index (χ0v) is 8.41. The van der Waals surface area contributed by atoms with Crippen molar-refractivity contribution < 1.29 is 9.90 Å².